The number of rotatable bonds is 7. The van der Waals surface area contributed by atoms with Gasteiger partial charge in [0.1, 0.15) is 11.5 Å². The number of carbonyl (C=O) groups is 1. The third-order valence-corrected chi connectivity index (χ3v) is 14.9. The summed E-state index contributed by atoms with van der Waals surface area (Å²) >= 11 is 3.53. The summed E-state index contributed by atoms with van der Waals surface area (Å²) in [6.45, 7) is 4.24. The molecule has 0 saturated heterocycles. The minimum atomic E-state index is -4.82. The van der Waals surface area contributed by atoms with E-state index in [-0.39, 0.29) is 27.7 Å². The number of hydrogen-bond acceptors (Lipinski definition) is 10. The lowest BCUT2D eigenvalue weighted by molar-refractivity contribution is -0.274. The van der Waals surface area contributed by atoms with Crippen LogP contribution in [0.4, 0.5) is 26.3 Å². The fourth-order valence-corrected chi connectivity index (χ4v) is 11.0. The highest BCUT2D eigenvalue weighted by Gasteiger charge is 2.41. The van der Waals surface area contributed by atoms with Gasteiger partial charge in [-0.3, -0.25) is 10.1 Å². The van der Waals surface area contributed by atoms with Crippen LogP contribution in [0.1, 0.15) is 96.4 Å². The normalized spacial score (nSPS) is 20.8. The molecule has 5 atom stereocenters. The number of nitrogens with one attached hydrogen (secondary N) is 1. The number of aliphatic hydroxyl groups excluding tert-OH is 2. The Morgan fingerprint density at radius 2 is 1.38 bits per heavy atom. The third-order valence-electron chi connectivity index (χ3n) is 12.0. The molecule has 0 fully saturated rings. The lowest BCUT2D eigenvalue weighted by Gasteiger charge is -2.39. The molecule has 6 aromatic rings. The van der Waals surface area contributed by atoms with Gasteiger partial charge in [-0.1, -0.05) is 90.5 Å². The number of hydrogen-bond donors (Lipinski definition) is 3. The first-order chi connectivity index (χ1) is 32.3. The molecule has 16 heteroatoms. The van der Waals surface area contributed by atoms with Crippen LogP contribution in [-0.2, 0) is 29.0 Å². The van der Waals surface area contributed by atoms with Gasteiger partial charge in [0.05, 0.1) is 55.1 Å². The molecule has 358 valence electrons. The van der Waals surface area contributed by atoms with E-state index in [1.54, 1.807) is 33.1 Å². The van der Waals surface area contributed by atoms with Gasteiger partial charge in [0.2, 0.25) is 0 Å². The topological polar surface area (TPSA) is 106 Å². The summed E-state index contributed by atoms with van der Waals surface area (Å²) in [6, 6.07) is 35.1. The first kappa shape index (κ1) is 50.2. The first-order valence-corrected chi connectivity index (χ1v) is 23.4. The SMILES string of the molecule is COc1ccc(C2SCc3c(ccc(OC)c3OC)C2O)cc1.Cc1ccc2c(c1)C(O)C(C)(c1ccccc1)SC2.O=C1c2ccc(C(F)(F)F)cc2CNC1c1ccc(OC(F)(F)F)cc1. The molecule has 0 amide bonds. The molecular formula is C52H49F6NO7S2. The average Bonchev–Trinajstić information content (AvgIpc) is 3.33. The minimum Gasteiger partial charge on any atom is -0.497 e. The van der Waals surface area contributed by atoms with Gasteiger partial charge in [-0.2, -0.15) is 13.2 Å². The van der Waals surface area contributed by atoms with Crippen molar-refractivity contribution in [2.75, 3.05) is 21.3 Å². The standard InChI is InChI=1S/C18H20O4S.C17H11F6NO2.C17H18OS/c1-20-12-6-4-11(5-7-12)18-16(19)13-8-9-15(21-2)17(22-3)14(13)10-23-18;18-16(19,20)11-3-6-13-10(7-11)8-24-14(15(13)25)9-1-4-12(5-2-9)26-17(21,22)23;1-12-8-9-13-11-19-17(2,16(18)15(13)10-12)14-6-4-3-5-7-14/h4-9,16,18-19H,10H2,1-3H3;1-7,14,24H,8H2;3-10,16,18H,11H2,1-2H3. The van der Waals surface area contributed by atoms with E-state index in [1.807, 2.05) is 66.4 Å². The van der Waals surface area contributed by atoms with Crippen LogP contribution in [0.25, 0.3) is 0 Å². The van der Waals surface area contributed by atoms with Crippen LogP contribution in [0.3, 0.4) is 0 Å². The van der Waals surface area contributed by atoms with Gasteiger partial charge in [-0.05, 0) is 95.3 Å². The van der Waals surface area contributed by atoms with Crippen molar-refractivity contribution >= 4 is 29.3 Å². The van der Waals surface area contributed by atoms with Gasteiger partial charge < -0.3 is 29.2 Å². The number of methoxy groups -OCH3 is 3. The number of alkyl halides is 6. The lowest BCUT2D eigenvalue weighted by Crippen LogP contribution is -2.34. The molecule has 9 rings (SSSR count). The third kappa shape index (κ3) is 11.1. The Labute approximate surface area is 399 Å². The maximum absolute atomic E-state index is 12.8. The summed E-state index contributed by atoms with van der Waals surface area (Å²) in [4.78, 5) is 12.5. The van der Waals surface area contributed by atoms with Crippen LogP contribution in [0, 0.1) is 6.92 Å². The number of ketones is 1. The van der Waals surface area contributed by atoms with Gasteiger partial charge in [0, 0.05) is 29.2 Å². The van der Waals surface area contributed by atoms with E-state index in [9.17, 15) is 41.4 Å². The predicted octanol–water partition coefficient (Wildman–Crippen LogP) is 12.6. The number of fused-ring (bicyclic) bond motifs is 3. The Morgan fingerprint density at radius 3 is 2.01 bits per heavy atom. The number of aryl methyl sites for hydroxylation is 1. The number of benzene rings is 6. The van der Waals surface area contributed by atoms with Crippen molar-refractivity contribution in [2.24, 2.45) is 0 Å². The van der Waals surface area contributed by atoms with Crippen molar-refractivity contribution in [1.29, 1.82) is 0 Å². The van der Waals surface area contributed by atoms with Gasteiger partial charge in [-0.25, -0.2) is 0 Å². The molecule has 0 saturated carbocycles. The summed E-state index contributed by atoms with van der Waals surface area (Å²) in [7, 11) is 4.90. The van der Waals surface area contributed by atoms with Gasteiger partial charge in [0.25, 0.3) is 0 Å². The predicted molar refractivity (Wildman–Crippen MR) is 251 cm³/mol. The Hall–Kier alpha value is -5.65. The fourth-order valence-electron chi connectivity index (χ4n) is 8.39. The molecular weight excluding hydrogens is 929 g/mol. The summed E-state index contributed by atoms with van der Waals surface area (Å²) in [5.74, 6) is 3.06. The van der Waals surface area contributed by atoms with E-state index in [0.29, 0.717) is 17.1 Å². The van der Waals surface area contributed by atoms with E-state index in [1.165, 1.54) is 28.8 Å². The van der Waals surface area contributed by atoms with Crippen molar-refractivity contribution in [3.05, 3.63) is 189 Å². The molecule has 8 nitrogen and oxygen atoms in total. The molecule has 0 spiro atoms. The number of thioether (sulfide) groups is 2. The summed E-state index contributed by atoms with van der Waals surface area (Å²) < 4.78 is 94.3. The molecule has 68 heavy (non-hydrogen) atoms. The zero-order valence-electron chi connectivity index (χ0n) is 37.6. The van der Waals surface area contributed by atoms with Crippen LogP contribution >= 0.6 is 23.5 Å². The molecule has 3 N–H and O–H groups in total. The second-order valence-corrected chi connectivity index (χ2v) is 18.9. The van der Waals surface area contributed by atoms with Crippen LogP contribution in [0.15, 0.2) is 127 Å². The lowest BCUT2D eigenvalue weighted by atomic mass is 9.86. The van der Waals surface area contributed by atoms with Gasteiger partial charge in [0.15, 0.2) is 17.3 Å². The Bertz CT molecular complexity index is 2700. The molecule has 6 aromatic carbocycles. The maximum atomic E-state index is 12.8. The Kier molecular flexibility index (Phi) is 15.5. The minimum absolute atomic E-state index is 0.00786. The summed E-state index contributed by atoms with van der Waals surface area (Å²) in [5, 5.41) is 24.5. The zero-order chi connectivity index (χ0) is 49.0. The second-order valence-electron chi connectivity index (χ2n) is 16.3. The highest BCUT2D eigenvalue weighted by molar-refractivity contribution is 7.99. The van der Waals surface area contributed by atoms with Crippen LogP contribution in [0.5, 0.6) is 23.0 Å². The second kappa shape index (κ2) is 20.9. The van der Waals surface area contributed by atoms with Crippen molar-refractivity contribution in [3.8, 4) is 23.0 Å². The molecule has 0 bridgehead atoms. The molecule has 5 unspecified atom stereocenters. The number of halogens is 6. The quantitative estimate of drug-likeness (QED) is 0.134. The number of carbonyl (C=O) groups excluding carboxylic acids is 1. The van der Waals surface area contributed by atoms with Crippen molar-refractivity contribution in [3.63, 3.8) is 0 Å². The maximum Gasteiger partial charge on any atom is 0.573 e. The number of ether oxygens (including phenoxy) is 4. The smallest absolute Gasteiger partial charge is 0.497 e. The largest absolute Gasteiger partial charge is 0.573 e. The summed E-state index contributed by atoms with van der Waals surface area (Å²) in [6.07, 6.45) is -10.4. The number of aliphatic hydroxyl groups is 2. The highest BCUT2D eigenvalue weighted by atomic mass is 32.2. The van der Waals surface area contributed by atoms with Crippen molar-refractivity contribution in [1.82, 2.24) is 5.32 Å². The van der Waals surface area contributed by atoms with Gasteiger partial charge in [-0.15, -0.1) is 36.7 Å². The van der Waals surface area contributed by atoms with Crippen LogP contribution in [0.2, 0.25) is 0 Å². The van der Waals surface area contributed by atoms with Crippen LogP contribution in [-0.4, -0.2) is 43.7 Å². The molecule has 0 radical (unpaired) electrons. The number of Topliss-reactive ketones (excluding diaryl/α,β-unsaturated/α-hetero) is 1. The Morgan fingerprint density at radius 1 is 0.706 bits per heavy atom. The van der Waals surface area contributed by atoms with Crippen molar-refractivity contribution < 1.29 is 60.3 Å². The molecule has 3 aliphatic rings. The Balaban J connectivity index is 0.000000153. The monoisotopic (exact) mass is 977 g/mol. The summed E-state index contributed by atoms with van der Waals surface area (Å²) in [5.41, 5.74) is 7.66. The van der Waals surface area contributed by atoms with E-state index in [0.717, 1.165) is 69.8 Å². The fraction of sp³-hybridized carbons (Fsp3) is 0.288. The van der Waals surface area contributed by atoms with Gasteiger partial charge >= 0.3 is 12.5 Å². The van der Waals surface area contributed by atoms with Crippen LogP contribution < -0.4 is 24.3 Å². The average molecular weight is 978 g/mol. The first-order valence-electron chi connectivity index (χ1n) is 21.3. The molecule has 3 aliphatic heterocycles. The van der Waals surface area contributed by atoms with E-state index >= 15 is 0 Å². The van der Waals surface area contributed by atoms with E-state index in [2.05, 4.69) is 54.2 Å². The van der Waals surface area contributed by atoms with Crippen molar-refractivity contribution in [2.45, 2.75) is 72.7 Å². The molecule has 0 aromatic heterocycles. The van der Waals surface area contributed by atoms with E-state index < -0.39 is 47.9 Å². The zero-order valence-corrected chi connectivity index (χ0v) is 39.2. The van der Waals surface area contributed by atoms with E-state index in [4.69, 9.17) is 14.2 Å². The molecule has 0 aliphatic carbocycles. The highest BCUT2D eigenvalue weighted by Crippen LogP contribution is 2.53. The molecule has 3 heterocycles.